The number of rotatable bonds is 4. The first-order chi connectivity index (χ1) is 13.0. The summed E-state index contributed by atoms with van der Waals surface area (Å²) < 4.78 is 13.3. The summed E-state index contributed by atoms with van der Waals surface area (Å²) in [5, 5.41) is 11.5. The third-order valence-corrected chi connectivity index (χ3v) is 6.25. The van der Waals surface area contributed by atoms with E-state index in [1.165, 1.54) is 12.1 Å². The van der Waals surface area contributed by atoms with Crippen LogP contribution in [0.5, 0.6) is 0 Å². The van der Waals surface area contributed by atoms with E-state index in [9.17, 15) is 9.50 Å². The first-order valence-corrected chi connectivity index (χ1v) is 9.97. The van der Waals surface area contributed by atoms with Gasteiger partial charge in [0.15, 0.2) is 0 Å². The molecule has 2 fully saturated rings. The highest BCUT2D eigenvalue weighted by molar-refractivity contribution is 5.26. The molecule has 27 heavy (non-hydrogen) atoms. The van der Waals surface area contributed by atoms with Crippen LogP contribution in [0, 0.1) is 17.7 Å². The van der Waals surface area contributed by atoms with Gasteiger partial charge >= 0.3 is 0 Å². The summed E-state index contributed by atoms with van der Waals surface area (Å²) in [5.41, 5.74) is 1.11. The molecule has 1 saturated heterocycles. The lowest BCUT2D eigenvalue weighted by molar-refractivity contribution is -0.0648. The second-order valence-corrected chi connectivity index (χ2v) is 8.49. The van der Waals surface area contributed by atoms with Crippen molar-refractivity contribution in [3.8, 4) is 0 Å². The Morgan fingerprint density at radius 1 is 1.19 bits per heavy atom. The van der Waals surface area contributed by atoms with E-state index in [1.807, 2.05) is 12.4 Å². The Morgan fingerprint density at radius 3 is 2.56 bits per heavy atom. The number of likely N-dealkylation sites (tertiary alicyclic amines) is 1. The van der Waals surface area contributed by atoms with Gasteiger partial charge in [0.25, 0.3) is 0 Å². The molecule has 2 heterocycles. The van der Waals surface area contributed by atoms with Gasteiger partial charge in [-0.1, -0.05) is 26.0 Å². The molecular formula is C22H28FN3O. The molecule has 1 N–H and O–H groups in total. The summed E-state index contributed by atoms with van der Waals surface area (Å²) >= 11 is 0. The Labute approximate surface area is 160 Å². The van der Waals surface area contributed by atoms with Gasteiger partial charge in [-0.15, -0.1) is 0 Å². The van der Waals surface area contributed by atoms with Crippen LogP contribution in [0.1, 0.15) is 56.0 Å². The smallest absolute Gasteiger partial charge is 0.130 e. The van der Waals surface area contributed by atoms with Crippen molar-refractivity contribution in [3.05, 3.63) is 59.4 Å². The minimum atomic E-state index is -0.858. The van der Waals surface area contributed by atoms with Gasteiger partial charge in [0.1, 0.15) is 11.6 Å². The molecule has 1 saturated carbocycles. The van der Waals surface area contributed by atoms with Gasteiger partial charge in [0.2, 0.25) is 0 Å². The van der Waals surface area contributed by atoms with Gasteiger partial charge in [-0.25, -0.2) is 14.4 Å². The van der Waals surface area contributed by atoms with E-state index in [-0.39, 0.29) is 11.7 Å². The second kappa shape index (κ2) is 7.28. The van der Waals surface area contributed by atoms with Crippen LogP contribution in [0.2, 0.25) is 0 Å². The van der Waals surface area contributed by atoms with E-state index in [0.29, 0.717) is 11.8 Å². The Morgan fingerprint density at radius 2 is 1.89 bits per heavy atom. The van der Waals surface area contributed by atoms with Crippen LogP contribution in [-0.4, -0.2) is 33.1 Å². The lowest BCUT2D eigenvalue weighted by atomic mass is 9.67. The summed E-state index contributed by atoms with van der Waals surface area (Å²) in [7, 11) is 0. The minimum absolute atomic E-state index is 0.188. The molecule has 0 bridgehead atoms. The second-order valence-electron chi connectivity index (χ2n) is 8.49. The van der Waals surface area contributed by atoms with Gasteiger partial charge in [-0.05, 0) is 42.9 Å². The van der Waals surface area contributed by atoms with E-state index < -0.39 is 5.60 Å². The van der Waals surface area contributed by atoms with Crippen LogP contribution in [0.3, 0.4) is 0 Å². The fourth-order valence-electron chi connectivity index (χ4n) is 4.84. The predicted molar refractivity (Wildman–Crippen MR) is 103 cm³/mol. The zero-order valence-electron chi connectivity index (χ0n) is 16.1. The Balaban J connectivity index is 1.49. The van der Waals surface area contributed by atoms with Crippen LogP contribution < -0.4 is 0 Å². The fraction of sp³-hybridized carbons (Fsp3) is 0.545. The first kappa shape index (κ1) is 18.5. The molecule has 1 aromatic carbocycles. The Hall–Kier alpha value is -1.85. The van der Waals surface area contributed by atoms with Gasteiger partial charge in [-0.2, -0.15) is 0 Å². The molecule has 2 aliphatic rings. The molecule has 0 unspecified atom stereocenters. The van der Waals surface area contributed by atoms with Crippen molar-refractivity contribution in [2.45, 2.75) is 51.2 Å². The van der Waals surface area contributed by atoms with E-state index in [4.69, 9.17) is 0 Å². The lowest BCUT2D eigenvalue weighted by Gasteiger charge is -2.41. The molecule has 4 nitrogen and oxygen atoms in total. The van der Waals surface area contributed by atoms with E-state index in [2.05, 4.69) is 28.7 Å². The van der Waals surface area contributed by atoms with E-state index in [1.54, 1.807) is 12.1 Å². The molecule has 1 aliphatic heterocycles. The molecule has 0 radical (unpaired) electrons. The van der Waals surface area contributed by atoms with Crippen molar-refractivity contribution in [1.82, 2.24) is 14.9 Å². The van der Waals surface area contributed by atoms with Crippen LogP contribution in [0.4, 0.5) is 4.39 Å². The quantitative estimate of drug-likeness (QED) is 0.889. The molecule has 2 aromatic rings. The summed E-state index contributed by atoms with van der Waals surface area (Å²) in [5.74, 6) is 1.61. The zero-order chi connectivity index (χ0) is 19.0. The zero-order valence-corrected chi connectivity index (χ0v) is 16.1. The molecule has 1 aromatic heterocycles. The van der Waals surface area contributed by atoms with Crippen molar-refractivity contribution in [2.75, 3.05) is 13.1 Å². The van der Waals surface area contributed by atoms with Gasteiger partial charge < -0.3 is 5.11 Å². The Bertz CT molecular complexity index is 777. The topological polar surface area (TPSA) is 49.2 Å². The third-order valence-electron chi connectivity index (χ3n) is 6.25. The highest BCUT2D eigenvalue weighted by Crippen LogP contribution is 2.48. The number of aliphatic hydroxyl groups is 1. The van der Waals surface area contributed by atoms with Crippen molar-refractivity contribution in [1.29, 1.82) is 0 Å². The van der Waals surface area contributed by atoms with E-state index >= 15 is 0 Å². The van der Waals surface area contributed by atoms with E-state index in [0.717, 1.165) is 55.8 Å². The average Bonchev–Trinajstić information content (AvgIpc) is 3.07. The van der Waals surface area contributed by atoms with Crippen molar-refractivity contribution in [3.63, 3.8) is 0 Å². The molecule has 1 aliphatic carbocycles. The van der Waals surface area contributed by atoms with Gasteiger partial charge in [0.05, 0.1) is 5.60 Å². The number of aromatic nitrogens is 2. The maximum atomic E-state index is 13.3. The number of hydrogen-bond donors (Lipinski definition) is 1. The fourth-order valence-corrected chi connectivity index (χ4v) is 4.84. The van der Waals surface area contributed by atoms with Crippen LogP contribution >= 0.6 is 0 Å². The standard InChI is InChI=1S/C22H28FN3O/c1-15(2)21-24-10-16(11-25-21)12-26-13-17-4-3-9-22(27,20(17)14-26)18-5-7-19(23)8-6-18/h5-8,10-11,15,17,20,27H,3-4,9,12-14H2,1-2H3/t17-,20-,22+/m0/s1. The largest absolute Gasteiger partial charge is 0.385 e. The molecule has 0 amide bonds. The molecule has 4 rings (SSSR count). The summed E-state index contributed by atoms with van der Waals surface area (Å²) in [6.45, 7) is 6.84. The maximum Gasteiger partial charge on any atom is 0.130 e. The molecular weight excluding hydrogens is 341 g/mol. The number of benzene rings is 1. The number of fused-ring (bicyclic) bond motifs is 1. The van der Waals surface area contributed by atoms with Crippen molar-refractivity contribution in [2.24, 2.45) is 11.8 Å². The van der Waals surface area contributed by atoms with Crippen LogP contribution in [0.15, 0.2) is 36.7 Å². The van der Waals surface area contributed by atoms with Gasteiger partial charge in [-0.3, -0.25) is 4.90 Å². The number of halogens is 1. The SMILES string of the molecule is CC(C)c1ncc(CN2C[C@@H]3CCC[C@@](O)(c4ccc(F)cc4)[C@H]3C2)cn1. The van der Waals surface area contributed by atoms with Crippen molar-refractivity contribution >= 4 is 0 Å². The average molecular weight is 369 g/mol. The summed E-state index contributed by atoms with van der Waals surface area (Å²) in [6, 6.07) is 6.41. The minimum Gasteiger partial charge on any atom is -0.385 e. The van der Waals surface area contributed by atoms with Crippen LogP contribution in [-0.2, 0) is 12.1 Å². The number of hydrogen-bond acceptors (Lipinski definition) is 4. The number of nitrogens with zero attached hydrogens (tertiary/aromatic N) is 3. The normalized spacial score (nSPS) is 28.5. The highest BCUT2D eigenvalue weighted by atomic mass is 19.1. The highest BCUT2D eigenvalue weighted by Gasteiger charge is 2.49. The predicted octanol–water partition coefficient (Wildman–Crippen LogP) is 3.86. The summed E-state index contributed by atoms with van der Waals surface area (Å²) in [4.78, 5) is 11.4. The van der Waals surface area contributed by atoms with Crippen LogP contribution in [0.25, 0.3) is 0 Å². The third kappa shape index (κ3) is 3.63. The Kier molecular flexibility index (Phi) is 4.99. The molecule has 0 spiro atoms. The maximum absolute atomic E-state index is 13.3. The first-order valence-electron chi connectivity index (χ1n) is 9.97. The van der Waals surface area contributed by atoms with Gasteiger partial charge in [0, 0.05) is 49.4 Å². The monoisotopic (exact) mass is 369 g/mol. The summed E-state index contributed by atoms with van der Waals surface area (Å²) in [6.07, 6.45) is 6.76. The van der Waals surface area contributed by atoms with Crippen molar-refractivity contribution < 1.29 is 9.50 Å². The molecule has 144 valence electrons. The lowest BCUT2D eigenvalue weighted by Crippen LogP contribution is -2.42. The molecule has 5 heteroatoms. The molecule has 3 atom stereocenters.